The van der Waals surface area contributed by atoms with Crippen molar-refractivity contribution >= 4 is 11.7 Å². The molecule has 1 unspecified atom stereocenters. The summed E-state index contributed by atoms with van der Waals surface area (Å²) < 4.78 is 5.59. The summed E-state index contributed by atoms with van der Waals surface area (Å²) in [6.07, 6.45) is 0.601. The second-order valence-electron chi connectivity index (χ2n) is 3.95. The van der Waals surface area contributed by atoms with Crippen molar-refractivity contribution in [3.8, 4) is 0 Å². The fraction of sp³-hybridized carbons (Fsp3) is 0.800. The highest BCUT2D eigenvalue weighted by Crippen LogP contribution is 2.23. The number of rotatable bonds is 3. The molecule has 1 heterocycles. The molecule has 0 aromatic carbocycles. The molecule has 0 saturated carbocycles. The molecule has 1 amide bonds. The van der Waals surface area contributed by atoms with Gasteiger partial charge in [0.25, 0.3) is 5.91 Å². The lowest BCUT2D eigenvalue weighted by molar-refractivity contribution is -0.144. The van der Waals surface area contributed by atoms with E-state index >= 15 is 0 Å². The van der Waals surface area contributed by atoms with Crippen LogP contribution in [0.4, 0.5) is 0 Å². The first-order valence-corrected chi connectivity index (χ1v) is 5.00. The van der Waals surface area contributed by atoms with E-state index in [2.05, 4.69) is 10.3 Å². The fourth-order valence-corrected chi connectivity index (χ4v) is 1.61. The molecule has 1 saturated heterocycles. The van der Waals surface area contributed by atoms with Crippen LogP contribution in [-0.2, 0) is 9.53 Å². The molecule has 1 aliphatic heterocycles. The van der Waals surface area contributed by atoms with Crippen LogP contribution < -0.4 is 5.32 Å². The molecule has 14 heavy (non-hydrogen) atoms. The lowest BCUT2D eigenvalue weighted by Crippen LogP contribution is -2.39. The zero-order chi connectivity index (χ0) is 10.8. The van der Waals surface area contributed by atoms with Crippen molar-refractivity contribution in [2.45, 2.75) is 45.8 Å². The number of amidine groups is 1. The van der Waals surface area contributed by atoms with Crippen molar-refractivity contribution in [2.24, 2.45) is 4.99 Å². The number of aliphatic imine (C=N–C) groups is 1. The van der Waals surface area contributed by atoms with Gasteiger partial charge in [0.1, 0.15) is 5.84 Å². The van der Waals surface area contributed by atoms with Crippen molar-refractivity contribution in [1.82, 2.24) is 5.32 Å². The van der Waals surface area contributed by atoms with Crippen LogP contribution in [0, 0.1) is 0 Å². The molecule has 0 aliphatic carbocycles. The summed E-state index contributed by atoms with van der Waals surface area (Å²) in [5, 5.41) is 2.74. The van der Waals surface area contributed by atoms with E-state index in [1.807, 2.05) is 20.8 Å². The lowest BCUT2D eigenvalue weighted by atomic mass is 10.0. The van der Waals surface area contributed by atoms with E-state index in [4.69, 9.17) is 4.74 Å². The number of carbonyl (C=O) groups excluding carboxylic acids is 1. The highest BCUT2D eigenvalue weighted by molar-refractivity contribution is 6.09. The van der Waals surface area contributed by atoms with Crippen LogP contribution in [-0.4, -0.2) is 30.0 Å². The van der Waals surface area contributed by atoms with E-state index in [0.29, 0.717) is 13.0 Å². The summed E-state index contributed by atoms with van der Waals surface area (Å²) in [4.78, 5) is 15.8. The van der Waals surface area contributed by atoms with Gasteiger partial charge in [0.15, 0.2) is 5.60 Å². The summed E-state index contributed by atoms with van der Waals surface area (Å²) >= 11 is 0. The van der Waals surface area contributed by atoms with Gasteiger partial charge in [-0.25, -0.2) is 0 Å². The van der Waals surface area contributed by atoms with Crippen LogP contribution in [0.5, 0.6) is 0 Å². The molecule has 1 aliphatic rings. The first-order chi connectivity index (χ1) is 6.48. The van der Waals surface area contributed by atoms with E-state index < -0.39 is 5.60 Å². The Hall–Kier alpha value is -0.900. The normalized spacial score (nSPS) is 30.1. The molecule has 1 fully saturated rings. The van der Waals surface area contributed by atoms with Crippen LogP contribution in [0.25, 0.3) is 0 Å². The smallest absolute Gasteiger partial charge is 0.257 e. The van der Waals surface area contributed by atoms with Crippen LogP contribution in [0.15, 0.2) is 4.99 Å². The fourth-order valence-electron chi connectivity index (χ4n) is 1.61. The third-order valence-electron chi connectivity index (χ3n) is 2.09. The van der Waals surface area contributed by atoms with Gasteiger partial charge in [-0.05, 0) is 27.7 Å². The Bertz CT molecular complexity index is 261. The number of ether oxygens (including phenoxy) is 1. The van der Waals surface area contributed by atoms with Crippen LogP contribution in [0.2, 0.25) is 0 Å². The number of nitrogens with zero attached hydrogens (tertiary/aromatic N) is 1. The molecule has 0 aromatic heterocycles. The minimum Gasteiger partial charge on any atom is -0.362 e. The SMILES string of the molecule is CCN=C1CC(C)(OC(C)C)C(=O)N1. The molecule has 0 aromatic rings. The third kappa shape index (κ3) is 2.32. The van der Waals surface area contributed by atoms with E-state index in [1.165, 1.54) is 0 Å². The molecule has 1 rings (SSSR count). The molecule has 80 valence electrons. The Labute approximate surface area is 84.7 Å². The number of amides is 1. The van der Waals surface area contributed by atoms with Gasteiger partial charge in [0.2, 0.25) is 0 Å². The molecule has 4 nitrogen and oxygen atoms in total. The van der Waals surface area contributed by atoms with E-state index in [0.717, 1.165) is 5.84 Å². The van der Waals surface area contributed by atoms with Crippen molar-refractivity contribution in [2.75, 3.05) is 6.54 Å². The van der Waals surface area contributed by atoms with E-state index in [9.17, 15) is 4.79 Å². The largest absolute Gasteiger partial charge is 0.362 e. The van der Waals surface area contributed by atoms with Gasteiger partial charge in [0, 0.05) is 13.0 Å². The summed E-state index contributed by atoms with van der Waals surface area (Å²) in [6.45, 7) is 8.28. The Balaban J connectivity index is 2.72. The monoisotopic (exact) mass is 198 g/mol. The molecule has 1 N–H and O–H groups in total. The maximum Gasteiger partial charge on any atom is 0.257 e. The van der Waals surface area contributed by atoms with Crippen LogP contribution in [0.3, 0.4) is 0 Å². The van der Waals surface area contributed by atoms with Crippen molar-refractivity contribution in [3.63, 3.8) is 0 Å². The van der Waals surface area contributed by atoms with Gasteiger partial charge in [-0.1, -0.05) is 0 Å². The average molecular weight is 198 g/mol. The molecule has 0 radical (unpaired) electrons. The highest BCUT2D eigenvalue weighted by Gasteiger charge is 2.42. The van der Waals surface area contributed by atoms with Gasteiger partial charge in [-0.15, -0.1) is 0 Å². The quantitative estimate of drug-likeness (QED) is 0.738. The van der Waals surface area contributed by atoms with Gasteiger partial charge >= 0.3 is 0 Å². The number of carbonyl (C=O) groups is 1. The maximum absolute atomic E-state index is 11.6. The lowest BCUT2D eigenvalue weighted by Gasteiger charge is -2.23. The number of nitrogens with one attached hydrogen (secondary N) is 1. The minimum atomic E-state index is -0.734. The summed E-state index contributed by atoms with van der Waals surface area (Å²) in [5.41, 5.74) is -0.734. The topological polar surface area (TPSA) is 50.7 Å². The first-order valence-electron chi connectivity index (χ1n) is 5.00. The Morgan fingerprint density at radius 3 is 2.79 bits per heavy atom. The second-order valence-corrected chi connectivity index (χ2v) is 3.95. The van der Waals surface area contributed by atoms with Crippen molar-refractivity contribution < 1.29 is 9.53 Å². The van der Waals surface area contributed by atoms with Crippen LogP contribution in [0.1, 0.15) is 34.1 Å². The predicted octanol–water partition coefficient (Wildman–Crippen LogP) is 1.11. The second kappa shape index (κ2) is 4.09. The van der Waals surface area contributed by atoms with Gasteiger partial charge in [-0.2, -0.15) is 0 Å². The maximum atomic E-state index is 11.6. The number of hydrogen-bond acceptors (Lipinski definition) is 3. The van der Waals surface area contributed by atoms with E-state index in [-0.39, 0.29) is 12.0 Å². The standard InChI is InChI=1S/C10H18N2O2/c1-5-11-8-6-10(4,9(13)12-8)14-7(2)3/h7H,5-6H2,1-4H3,(H,11,12,13). The predicted molar refractivity (Wildman–Crippen MR) is 55.4 cm³/mol. The summed E-state index contributed by atoms with van der Waals surface area (Å²) in [6, 6.07) is 0. The van der Waals surface area contributed by atoms with Crippen molar-refractivity contribution in [1.29, 1.82) is 0 Å². The van der Waals surface area contributed by atoms with Gasteiger partial charge in [-0.3, -0.25) is 9.79 Å². The third-order valence-corrected chi connectivity index (χ3v) is 2.09. The van der Waals surface area contributed by atoms with Gasteiger partial charge < -0.3 is 10.1 Å². The summed E-state index contributed by atoms with van der Waals surface area (Å²) in [7, 11) is 0. The average Bonchev–Trinajstić information content (AvgIpc) is 2.26. The Morgan fingerprint density at radius 1 is 1.64 bits per heavy atom. The highest BCUT2D eigenvalue weighted by atomic mass is 16.5. The molecule has 1 atom stereocenters. The summed E-state index contributed by atoms with van der Waals surface area (Å²) in [5.74, 6) is 0.652. The molecular formula is C10H18N2O2. The zero-order valence-electron chi connectivity index (χ0n) is 9.26. The van der Waals surface area contributed by atoms with Crippen molar-refractivity contribution in [3.05, 3.63) is 0 Å². The van der Waals surface area contributed by atoms with E-state index in [1.54, 1.807) is 6.92 Å². The molecule has 4 heteroatoms. The minimum absolute atomic E-state index is 0.0479. The zero-order valence-corrected chi connectivity index (χ0v) is 9.26. The van der Waals surface area contributed by atoms with Gasteiger partial charge in [0.05, 0.1) is 6.10 Å². The first kappa shape index (κ1) is 11.2. The van der Waals surface area contributed by atoms with Crippen LogP contribution >= 0.6 is 0 Å². The molecule has 0 spiro atoms. The molecule has 0 bridgehead atoms. The number of hydrogen-bond donors (Lipinski definition) is 1. The Morgan fingerprint density at radius 2 is 2.29 bits per heavy atom. The Kier molecular flexibility index (Phi) is 3.26. The molecular weight excluding hydrogens is 180 g/mol.